The maximum absolute atomic E-state index is 12.2. The largest absolute Gasteiger partial charge is 0.335 e. The van der Waals surface area contributed by atoms with Gasteiger partial charge in [0, 0.05) is 42.5 Å². The van der Waals surface area contributed by atoms with E-state index in [2.05, 4.69) is 31.4 Å². The van der Waals surface area contributed by atoms with Crippen LogP contribution in [0, 0.1) is 0 Å². The molecule has 1 aromatic rings. The molecule has 2 rings (SSSR count). The first-order valence-corrected chi connectivity index (χ1v) is 7.21. The molecule has 0 aromatic carbocycles. The smallest absolute Gasteiger partial charge is 0.264 e. The molecule has 0 atom stereocenters. The molecule has 0 radical (unpaired) electrons. The second-order valence-electron chi connectivity index (χ2n) is 4.59. The standard InChI is InChI=1S/C12H18N2OS2/c1-9(2)13-3-5-14(6-4-13)12(15)11-7-10(16)8-17-11/h7-9,16H,3-6H2,1-2H3. The minimum absolute atomic E-state index is 0.152. The van der Waals surface area contributed by atoms with E-state index >= 15 is 0 Å². The fraction of sp³-hybridized carbons (Fsp3) is 0.583. The number of piperazine rings is 1. The predicted octanol–water partition coefficient (Wildman–Crippen LogP) is 2.20. The van der Waals surface area contributed by atoms with Gasteiger partial charge in [-0.2, -0.15) is 0 Å². The molecule has 1 amide bonds. The molecular weight excluding hydrogens is 252 g/mol. The zero-order chi connectivity index (χ0) is 12.4. The van der Waals surface area contributed by atoms with Crippen LogP contribution < -0.4 is 0 Å². The number of hydrogen-bond donors (Lipinski definition) is 1. The predicted molar refractivity (Wildman–Crippen MR) is 74.2 cm³/mol. The summed E-state index contributed by atoms with van der Waals surface area (Å²) in [6, 6.07) is 2.42. The van der Waals surface area contributed by atoms with Crippen LogP contribution in [0.5, 0.6) is 0 Å². The van der Waals surface area contributed by atoms with Gasteiger partial charge < -0.3 is 4.90 Å². The van der Waals surface area contributed by atoms with Crippen LogP contribution in [0.2, 0.25) is 0 Å². The highest BCUT2D eigenvalue weighted by Crippen LogP contribution is 2.20. The number of thiophene rings is 1. The Balaban J connectivity index is 1.95. The summed E-state index contributed by atoms with van der Waals surface area (Å²) >= 11 is 5.71. The molecule has 0 unspecified atom stereocenters. The van der Waals surface area contributed by atoms with Crippen LogP contribution in [0.4, 0.5) is 0 Å². The van der Waals surface area contributed by atoms with Crippen molar-refractivity contribution >= 4 is 29.9 Å². The molecule has 5 heteroatoms. The van der Waals surface area contributed by atoms with Crippen LogP contribution in [0.25, 0.3) is 0 Å². The lowest BCUT2D eigenvalue weighted by atomic mass is 10.2. The molecule has 1 aliphatic heterocycles. The highest BCUT2D eigenvalue weighted by molar-refractivity contribution is 7.80. The average Bonchev–Trinajstić information content (AvgIpc) is 2.75. The van der Waals surface area contributed by atoms with Crippen LogP contribution in [0.1, 0.15) is 23.5 Å². The van der Waals surface area contributed by atoms with Crippen LogP contribution in [-0.2, 0) is 0 Å². The first-order valence-electron chi connectivity index (χ1n) is 5.89. The highest BCUT2D eigenvalue weighted by Gasteiger charge is 2.23. The van der Waals surface area contributed by atoms with E-state index in [1.807, 2.05) is 16.3 Å². The Kier molecular flexibility index (Phi) is 4.12. The maximum Gasteiger partial charge on any atom is 0.264 e. The van der Waals surface area contributed by atoms with Gasteiger partial charge in [0.1, 0.15) is 0 Å². The van der Waals surface area contributed by atoms with Crippen LogP contribution in [0.3, 0.4) is 0 Å². The third kappa shape index (κ3) is 3.03. The molecule has 0 N–H and O–H groups in total. The lowest BCUT2D eigenvalue weighted by Crippen LogP contribution is -2.50. The van der Waals surface area contributed by atoms with Crippen LogP contribution in [0.15, 0.2) is 16.3 Å². The van der Waals surface area contributed by atoms with Gasteiger partial charge in [0.2, 0.25) is 0 Å². The highest BCUT2D eigenvalue weighted by atomic mass is 32.1. The Labute approximate surface area is 112 Å². The Morgan fingerprint density at radius 1 is 1.35 bits per heavy atom. The van der Waals surface area contributed by atoms with Gasteiger partial charge in [0.15, 0.2) is 0 Å². The Morgan fingerprint density at radius 2 is 2.00 bits per heavy atom. The summed E-state index contributed by atoms with van der Waals surface area (Å²) in [5.74, 6) is 0.152. The summed E-state index contributed by atoms with van der Waals surface area (Å²) in [6.45, 7) is 8.01. The van der Waals surface area contributed by atoms with Gasteiger partial charge in [-0.15, -0.1) is 24.0 Å². The molecule has 0 bridgehead atoms. The topological polar surface area (TPSA) is 23.6 Å². The van der Waals surface area contributed by atoms with Gasteiger partial charge in [-0.05, 0) is 19.9 Å². The molecule has 0 aliphatic carbocycles. The van der Waals surface area contributed by atoms with E-state index in [0.29, 0.717) is 6.04 Å². The fourth-order valence-corrected chi connectivity index (χ4v) is 3.15. The maximum atomic E-state index is 12.2. The summed E-state index contributed by atoms with van der Waals surface area (Å²) in [4.78, 5) is 18.2. The van der Waals surface area contributed by atoms with Crippen LogP contribution >= 0.6 is 24.0 Å². The number of nitrogens with zero attached hydrogens (tertiary/aromatic N) is 2. The molecule has 1 saturated heterocycles. The molecule has 0 saturated carbocycles. The van der Waals surface area contributed by atoms with Gasteiger partial charge in [-0.3, -0.25) is 9.69 Å². The summed E-state index contributed by atoms with van der Waals surface area (Å²) in [5, 5.41) is 1.90. The minimum Gasteiger partial charge on any atom is -0.335 e. The van der Waals surface area contributed by atoms with E-state index in [1.165, 1.54) is 11.3 Å². The minimum atomic E-state index is 0.152. The van der Waals surface area contributed by atoms with Crippen molar-refractivity contribution in [2.24, 2.45) is 0 Å². The monoisotopic (exact) mass is 270 g/mol. The summed E-state index contributed by atoms with van der Waals surface area (Å²) in [7, 11) is 0. The molecule has 1 aliphatic rings. The number of rotatable bonds is 2. The fourth-order valence-electron chi connectivity index (χ4n) is 2.04. The van der Waals surface area contributed by atoms with Gasteiger partial charge in [-0.25, -0.2) is 0 Å². The Bertz CT molecular complexity index is 395. The van der Waals surface area contributed by atoms with E-state index in [-0.39, 0.29) is 5.91 Å². The number of thiol groups is 1. The van der Waals surface area contributed by atoms with Crippen molar-refractivity contribution in [1.29, 1.82) is 0 Å². The van der Waals surface area contributed by atoms with Gasteiger partial charge in [-0.1, -0.05) is 0 Å². The number of hydrogen-bond acceptors (Lipinski definition) is 4. The Hall–Kier alpha value is -0.520. The molecule has 1 fully saturated rings. The molecular formula is C12H18N2OS2. The number of carbonyl (C=O) groups is 1. The van der Waals surface area contributed by atoms with E-state index in [1.54, 1.807) is 0 Å². The van der Waals surface area contributed by atoms with Crippen molar-refractivity contribution in [2.75, 3.05) is 26.2 Å². The third-order valence-electron chi connectivity index (χ3n) is 3.13. The molecule has 1 aromatic heterocycles. The summed E-state index contributed by atoms with van der Waals surface area (Å²) < 4.78 is 0. The lowest BCUT2D eigenvalue weighted by Gasteiger charge is -2.36. The second-order valence-corrected chi connectivity index (χ2v) is 6.02. The van der Waals surface area contributed by atoms with Gasteiger partial charge in [0.25, 0.3) is 5.91 Å². The second kappa shape index (κ2) is 5.42. The van der Waals surface area contributed by atoms with Crippen molar-refractivity contribution in [2.45, 2.75) is 24.8 Å². The number of carbonyl (C=O) groups excluding carboxylic acids is 1. The van der Waals surface area contributed by atoms with Crippen LogP contribution in [-0.4, -0.2) is 47.9 Å². The molecule has 2 heterocycles. The summed E-state index contributed by atoms with van der Waals surface area (Å²) in [5.41, 5.74) is 0. The average molecular weight is 270 g/mol. The SMILES string of the molecule is CC(C)N1CCN(C(=O)c2cc(S)cs2)CC1. The summed E-state index contributed by atoms with van der Waals surface area (Å²) in [6.07, 6.45) is 0. The Morgan fingerprint density at radius 3 is 2.47 bits per heavy atom. The number of amides is 1. The normalized spacial score (nSPS) is 17.8. The van der Waals surface area contributed by atoms with E-state index in [0.717, 1.165) is 36.0 Å². The first kappa shape index (κ1) is 12.9. The molecule has 3 nitrogen and oxygen atoms in total. The van der Waals surface area contributed by atoms with E-state index in [9.17, 15) is 4.79 Å². The van der Waals surface area contributed by atoms with Crippen molar-refractivity contribution in [3.63, 3.8) is 0 Å². The van der Waals surface area contributed by atoms with Gasteiger partial charge in [0.05, 0.1) is 4.88 Å². The zero-order valence-corrected chi connectivity index (χ0v) is 11.9. The van der Waals surface area contributed by atoms with E-state index in [4.69, 9.17) is 0 Å². The zero-order valence-electron chi connectivity index (χ0n) is 10.2. The molecule has 94 valence electrons. The van der Waals surface area contributed by atoms with Crippen molar-refractivity contribution < 1.29 is 4.79 Å². The van der Waals surface area contributed by atoms with E-state index < -0.39 is 0 Å². The van der Waals surface area contributed by atoms with Crippen molar-refractivity contribution in [1.82, 2.24) is 9.80 Å². The lowest BCUT2D eigenvalue weighted by molar-refractivity contribution is 0.0600. The third-order valence-corrected chi connectivity index (χ3v) is 4.48. The first-order chi connectivity index (χ1) is 8.08. The van der Waals surface area contributed by atoms with Crippen molar-refractivity contribution in [3.8, 4) is 0 Å². The molecule has 17 heavy (non-hydrogen) atoms. The molecule has 0 spiro atoms. The van der Waals surface area contributed by atoms with Crippen molar-refractivity contribution in [3.05, 3.63) is 16.3 Å². The van der Waals surface area contributed by atoms with Gasteiger partial charge >= 0.3 is 0 Å². The quantitative estimate of drug-likeness (QED) is 0.833.